The van der Waals surface area contributed by atoms with Gasteiger partial charge < -0.3 is 40.5 Å². The second-order valence-corrected chi connectivity index (χ2v) is 24.9. The number of thiocarbonyl (C=S) groups is 2. The number of carbonyl (C=O) groups is 4. The van der Waals surface area contributed by atoms with Gasteiger partial charge in [0.15, 0.2) is 5.78 Å². The summed E-state index contributed by atoms with van der Waals surface area (Å²) in [6, 6.07) is 25.3. The average molecular weight is 1400 g/mol. The van der Waals surface area contributed by atoms with Crippen LogP contribution in [0.1, 0.15) is 121 Å². The van der Waals surface area contributed by atoms with Crippen molar-refractivity contribution >= 4 is 216 Å². The number of nitrogens with zero attached hydrogens (tertiary/aromatic N) is 2. The first kappa shape index (κ1) is 88.0. The van der Waals surface area contributed by atoms with Crippen LogP contribution in [-0.4, -0.2) is 116 Å². The Morgan fingerprint density at radius 2 is 1.06 bits per heavy atom. The topological polar surface area (TPSA) is 141 Å². The molecule has 0 unspecified atom stereocenters. The third-order valence-electron chi connectivity index (χ3n) is 15.1. The highest BCUT2D eigenvalue weighted by molar-refractivity contribution is 8.00. The molecule has 3 amide bonds. The van der Waals surface area contributed by atoms with E-state index in [0.29, 0.717) is 42.6 Å². The molecule has 0 bridgehead atoms. The molecule has 0 saturated carbocycles. The average Bonchev–Trinajstić information content (AvgIpc) is 3.69. The molecule has 12 nitrogen and oxygen atoms in total. The Morgan fingerprint density at radius 3 is 1.52 bits per heavy atom. The summed E-state index contributed by atoms with van der Waals surface area (Å²) in [7, 11) is 1.84. The van der Waals surface area contributed by atoms with Gasteiger partial charge in [-0.25, -0.2) is 0 Å². The minimum absolute atomic E-state index is 0. The fourth-order valence-corrected chi connectivity index (χ4v) is 14.3. The maximum atomic E-state index is 14.6. The van der Waals surface area contributed by atoms with Gasteiger partial charge in [-0.2, -0.15) is 135 Å². The van der Waals surface area contributed by atoms with Gasteiger partial charge in [-0.15, -0.1) is 23.5 Å². The molecule has 4 fully saturated rings. The molecule has 0 aromatic heterocycles. The fourth-order valence-electron chi connectivity index (χ4n) is 10.6. The van der Waals surface area contributed by atoms with Crippen molar-refractivity contribution in [3.63, 3.8) is 0 Å². The third kappa shape index (κ3) is 22.6. The number of benzene rings is 3. The molecular formula is C56H96N6O6S14. The second kappa shape index (κ2) is 41.0. The van der Waals surface area contributed by atoms with E-state index < -0.39 is 41.0 Å². The lowest BCUT2D eigenvalue weighted by Crippen LogP contribution is -2.57. The maximum Gasteiger partial charge on any atom is 0.246 e. The Labute approximate surface area is 579 Å². The molecule has 26 heteroatoms. The molecule has 4 heterocycles. The van der Waals surface area contributed by atoms with Crippen molar-refractivity contribution in [3.8, 4) is 0 Å². The first-order valence-corrected chi connectivity index (χ1v) is 28.7. The highest BCUT2D eigenvalue weighted by atomic mass is 32.2. The Morgan fingerprint density at radius 1 is 0.634 bits per heavy atom. The number of nitrogens with one attached hydrogen (secondary N) is 4. The molecule has 10 atom stereocenters. The van der Waals surface area contributed by atoms with Crippen molar-refractivity contribution < 1.29 is 28.7 Å². The van der Waals surface area contributed by atoms with Gasteiger partial charge in [-0.05, 0) is 90.7 Å². The lowest BCUT2D eigenvalue weighted by molar-refractivity contribution is -0.142. The predicted octanol–water partition coefficient (Wildman–Crippen LogP) is 9.85. The van der Waals surface area contributed by atoms with E-state index in [-0.39, 0.29) is 200 Å². The Bertz CT molecular complexity index is 2230. The van der Waals surface area contributed by atoms with E-state index >= 15 is 0 Å². The van der Waals surface area contributed by atoms with Crippen LogP contribution in [0.5, 0.6) is 0 Å². The molecule has 82 heavy (non-hydrogen) atoms. The lowest BCUT2D eigenvalue weighted by atomic mass is 9.79. The van der Waals surface area contributed by atoms with E-state index in [0.717, 1.165) is 53.0 Å². The van der Waals surface area contributed by atoms with Crippen LogP contribution in [0.25, 0.3) is 0 Å². The first-order valence-electron chi connectivity index (χ1n) is 25.7. The summed E-state index contributed by atoms with van der Waals surface area (Å²) in [4.78, 5) is 62.7. The maximum absolute atomic E-state index is 14.6. The van der Waals surface area contributed by atoms with Crippen molar-refractivity contribution in [1.29, 1.82) is 0 Å². The number of amides is 3. The molecule has 470 valence electrons. The number of ether oxygens (including phenoxy) is 2. The minimum atomic E-state index is -0.656. The smallest absolute Gasteiger partial charge is 0.246 e. The zero-order valence-electron chi connectivity index (χ0n) is 48.3. The quantitative estimate of drug-likeness (QED) is 0.0754. The van der Waals surface area contributed by atoms with Gasteiger partial charge in [0.25, 0.3) is 0 Å². The minimum Gasteiger partial charge on any atom is -0.376 e. The number of rotatable bonds is 21. The molecule has 0 aliphatic carbocycles. The standard InChI is InChI=1S/C56H76N6O6S4.10H2S/c1-9-35(2)51(69)59-42-24-26-72-47-30-56(6,7)49(62(47)54(42)66)50(64)58-44(40-18-14-11-15-19-40)34-68-32-38-22-20-37(21-23-38)31-67-33-41(39-16-12-10-13-17-39)28-45(63)48-55(4,5)29-46-61(48)53(65)43(25-27-71-46)60-52(70)36(3)57-8;;;;;;;;;;/h10-23,35-36,41-44,46-49,57H,9,24-34H2,1-8H3,(H,58,64)(H,59,69)(H,60,70);10*1H2/t35-,36+,41-,42+,43+,44-,46+,47+,48-,49-;;;;;;;;;;/m1........../s1. The Kier molecular flexibility index (Phi) is 44.0. The summed E-state index contributed by atoms with van der Waals surface area (Å²) in [6.45, 7) is 15.8. The highest BCUT2D eigenvalue weighted by Crippen LogP contribution is 2.48. The predicted molar refractivity (Wildman–Crippen MR) is 403 cm³/mol. The summed E-state index contributed by atoms with van der Waals surface area (Å²) < 4.78 is 12.7. The molecule has 0 radical (unpaired) electrons. The number of likely N-dealkylation sites (N-methyl/N-ethyl adjacent to an activating group) is 1. The van der Waals surface area contributed by atoms with E-state index in [4.69, 9.17) is 33.9 Å². The largest absolute Gasteiger partial charge is 0.376 e. The SMILES string of the molecule is CC[C@@H](C)C(=S)N[C@H]1CCS[C@H]2CC(C)(C)[C@@H](C(=O)N[C@H](COCc3ccc(COC[C@@H](CC(=O)[C@H]4N5C(=O)[C@@H](NC(=S)[C@H](C)NC)CCS[C@H]5CC4(C)C)c4ccccc4)cc3)c3ccccc3)N2C1=O.S.S.S.S.S.S.S.S.S.S. The van der Waals surface area contributed by atoms with Crippen molar-refractivity contribution in [2.24, 2.45) is 16.7 Å². The van der Waals surface area contributed by atoms with Crippen LogP contribution in [0.3, 0.4) is 0 Å². The Balaban J connectivity index is -0.00000304. The van der Waals surface area contributed by atoms with Gasteiger partial charge in [0.05, 0.1) is 65.3 Å². The van der Waals surface area contributed by atoms with Crippen LogP contribution in [0.4, 0.5) is 0 Å². The van der Waals surface area contributed by atoms with Crippen molar-refractivity contribution in [1.82, 2.24) is 31.1 Å². The van der Waals surface area contributed by atoms with Crippen LogP contribution in [0, 0.1) is 16.7 Å². The summed E-state index contributed by atoms with van der Waals surface area (Å²) in [6.07, 6.45) is 3.90. The van der Waals surface area contributed by atoms with E-state index in [9.17, 15) is 19.2 Å². The van der Waals surface area contributed by atoms with E-state index in [1.807, 2.05) is 109 Å². The molecule has 4 saturated heterocycles. The summed E-state index contributed by atoms with van der Waals surface area (Å²) >= 11 is 14.8. The monoisotopic (exact) mass is 1400 g/mol. The van der Waals surface area contributed by atoms with E-state index in [1.54, 1.807) is 23.5 Å². The van der Waals surface area contributed by atoms with Gasteiger partial charge in [-0.1, -0.05) is 151 Å². The molecule has 4 aliphatic rings. The van der Waals surface area contributed by atoms with E-state index in [1.165, 1.54) is 0 Å². The molecule has 0 spiro atoms. The van der Waals surface area contributed by atoms with Crippen molar-refractivity contribution in [2.45, 2.75) is 153 Å². The molecule has 3 aromatic carbocycles. The number of ketones is 1. The molecule has 4 aliphatic heterocycles. The van der Waals surface area contributed by atoms with Gasteiger partial charge in [-0.3, -0.25) is 19.2 Å². The molecule has 4 N–H and O–H groups in total. The van der Waals surface area contributed by atoms with Gasteiger partial charge in [0.1, 0.15) is 18.1 Å². The zero-order valence-corrected chi connectivity index (χ0v) is 61.6. The van der Waals surface area contributed by atoms with Gasteiger partial charge in [0, 0.05) is 18.3 Å². The number of fused-ring (bicyclic) bond motifs is 2. The van der Waals surface area contributed by atoms with Crippen LogP contribution < -0.4 is 21.3 Å². The van der Waals surface area contributed by atoms with Gasteiger partial charge >= 0.3 is 0 Å². The van der Waals surface area contributed by atoms with Crippen LogP contribution in [-0.2, 0) is 41.9 Å². The van der Waals surface area contributed by atoms with Gasteiger partial charge in [0.2, 0.25) is 17.7 Å². The number of hydrogen-bond acceptors (Lipinski definition) is 11. The molecule has 3 aromatic rings. The summed E-state index contributed by atoms with van der Waals surface area (Å²) in [5.41, 5.74) is 3.05. The first-order chi connectivity index (χ1) is 34.4. The third-order valence-corrected chi connectivity index (χ3v) is 18.6. The Hall–Kier alpha value is -0.400. The van der Waals surface area contributed by atoms with Crippen molar-refractivity contribution in [2.75, 3.05) is 31.8 Å². The second-order valence-electron chi connectivity index (χ2n) is 21.4. The van der Waals surface area contributed by atoms with Crippen LogP contribution in [0.2, 0.25) is 0 Å². The molecule has 7 rings (SSSR count). The lowest BCUT2D eigenvalue weighted by Gasteiger charge is -2.35. The van der Waals surface area contributed by atoms with Crippen LogP contribution in [0.15, 0.2) is 84.9 Å². The number of Topliss-reactive ketones (excluding diaryl/α,β-unsaturated/α-hetero) is 1. The number of hydrogen-bond donors (Lipinski definition) is 4. The molecular weight excluding hydrogens is 1300 g/mol. The summed E-state index contributed by atoms with van der Waals surface area (Å²) in [5.74, 6) is 1.31. The zero-order chi connectivity index (χ0) is 51.7. The normalized spacial score (nSPS) is 22.1. The van der Waals surface area contributed by atoms with Crippen molar-refractivity contribution in [3.05, 3.63) is 107 Å². The van der Waals surface area contributed by atoms with E-state index in [2.05, 4.69) is 62.8 Å². The number of thioether (sulfide) groups is 2. The van der Waals surface area contributed by atoms with Crippen LogP contribution >= 0.6 is 183 Å². The highest BCUT2D eigenvalue weighted by Gasteiger charge is 2.56. The summed E-state index contributed by atoms with van der Waals surface area (Å²) in [5, 5.41) is 13.0. The number of carbonyl (C=O) groups excluding carboxylic acids is 4. The fraction of sp³-hybridized carbons (Fsp3) is 0.571.